The number of imidazole rings is 1. The molecule has 0 saturated carbocycles. The van der Waals surface area contributed by atoms with Crippen molar-refractivity contribution in [2.45, 2.75) is 51.1 Å². The minimum atomic E-state index is -0.771. The summed E-state index contributed by atoms with van der Waals surface area (Å²) in [5.41, 5.74) is 0.201. The molecule has 0 radical (unpaired) electrons. The molecule has 1 N–H and O–H groups in total. The van der Waals surface area contributed by atoms with Gasteiger partial charge in [-0.25, -0.2) is 9.98 Å². The summed E-state index contributed by atoms with van der Waals surface area (Å²) in [6, 6.07) is 2.05. The van der Waals surface area contributed by atoms with Crippen molar-refractivity contribution in [2.75, 3.05) is 20.7 Å². The van der Waals surface area contributed by atoms with E-state index in [1.54, 1.807) is 4.57 Å². The predicted octanol–water partition coefficient (Wildman–Crippen LogP) is 0.776. The zero-order chi connectivity index (χ0) is 18.4. The molecular formula is C16H23N5O4. The fraction of sp³-hybridized carbons (Fsp3) is 0.688. The van der Waals surface area contributed by atoms with E-state index >= 15 is 0 Å². The maximum Gasteiger partial charge on any atom is 0.185 e. The van der Waals surface area contributed by atoms with Crippen molar-refractivity contribution in [2.24, 2.45) is 4.99 Å². The molecule has 2 fully saturated rings. The monoisotopic (exact) mass is 349 g/mol. The molecule has 3 heterocycles. The second-order valence-corrected chi connectivity index (χ2v) is 6.80. The Morgan fingerprint density at radius 1 is 1.44 bits per heavy atom. The Bertz CT molecular complexity index is 721. The zero-order valence-corrected chi connectivity index (χ0v) is 15.0. The molecule has 1 aromatic heterocycles. The summed E-state index contributed by atoms with van der Waals surface area (Å²) in [6.07, 6.45) is -0.425. The first kappa shape index (κ1) is 17.8. The molecule has 0 aliphatic carbocycles. The number of aromatic nitrogens is 2. The SMILES string of the molecule is CC(=Nc1c(C#N)ncn1[C@@H]1O[C@H](CO)[C@H]2OC(C)(C)O[C@H]21)N(C)C. The number of ether oxygens (including phenoxy) is 3. The van der Waals surface area contributed by atoms with Crippen molar-refractivity contribution in [1.82, 2.24) is 14.5 Å². The Morgan fingerprint density at radius 2 is 2.12 bits per heavy atom. The Balaban J connectivity index is 2.01. The molecule has 9 nitrogen and oxygen atoms in total. The van der Waals surface area contributed by atoms with Crippen molar-refractivity contribution in [3.05, 3.63) is 12.0 Å². The highest BCUT2D eigenvalue weighted by atomic mass is 16.8. The van der Waals surface area contributed by atoms with Crippen LogP contribution in [0.2, 0.25) is 0 Å². The summed E-state index contributed by atoms with van der Waals surface area (Å²) in [5, 5.41) is 19.0. The molecule has 1 aromatic rings. The van der Waals surface area contributed by atoms with E-state index in [1.807, 2.05) is 39.8 Å². The number of rotatable bonds is 3. The number of nitrogens with zero attached hydrogens (tertiary/aromatic N) is 5. The van der Waals surface area contributed by atoms with Gasteiger partial charge < -0.3 is 24.2 Å². The lowest BCUT2D eigenvalue weighted by atomic mass is 10.1. The first-order valence-corrected chi connectivity index (χ1v) is 8.09. The van der Waals surface area contributed by atoms with E-state index in [4.69, 9.17) is 14.2 Å². The van der Waals surface area contributed by atoms with Gasteiger partial charge in [0.2, 0.25) is 0 Å². The van der Waals surface area contributed by atoms with Crippen LogP contribution in [-0.2, 0) is 14.2 Å². The summed E-state index contributed by atoms with van der Waals surface area (Å²) in [4.78, 5) is 10.5. The smallest absolute Gasteiger partial charge is 0.185 e. The van der Waals surface area contributed by atoms with Gasteiger partial charge in [0.1, 0.15) is 36.5 Å². The van der Waals surface area contributed by atoms with Gasteiger partial charge in [-0.1, -0.05) is 0 Å². The molecule has 2 aliphatic rings. The molecule has 0 amide bonds. The molecule has 4 atom stereocenters. The number of aliphatic imine (C=N–C) groups is 1. The Hall–Kier alpha value is -1.99. The average molecular weight is 349 g/mol. The highest BCUT2D eigenvalue weighted by Gasteiger charge is 2.56. The normalized spacial score (nSPS) is 31.0. The maximum absolute atomic E-state index is 9.61. The molecule has 9 heteroatoms. The van der Waals surface area contributed by atoms with Crippen LogP contribution in [0, 0.1) is 11.3 Å². The third kappa shape index (κ3) is 3.14. The van der Waals surface area contributed by atoms with Crippen LogP contribution in [0.1, 0.15) is 32.7 Å². The summed E-state index contributed by atoms with van der Waals surface area (Å²) in [7, 11) is 3.73. The Morgan fingerprint density at radius 3 is 2.72 bits per heavy atom. The van der Waals surface area contributed by atoms with E-state index in [-0.39, 0.29) is 12.3 Å². The minimum absolute atomic E-state index is 0.188. The first-order valence-electron chi connectivity index (χ1n) is 8.09. The largest absolute Gasteiger partial charge is 0.394 e. The quantitative estimate of drug-likeness (QED) is 0.635. The second-order valence-electron chi connectivity index (χ2n) is 6.80. The molecule has 0 bridgehead atoms. The fourth-order valence-corrected chi connectivity index (χ4v) is 3.01. The average Bonchev–Trinajstić information content (AvgIpc) is 3.17. The van der Waals surface area contributed by atoms with Gasteiger partial charge in [-0.3, -0.25) is 4.57 Å². The van der Waals surface area contributed by atoms with Gasteiger partial charge in [-0.15, -0.1) is 0 Å². The lowest BCUT2D eigenvalue weighted by Crippen LogP contribution is -2.31. The van der Waals surface area contributed by atoms with Crippen LogP contribution >= 0.6 is 0 Å². The van der Waals surface area contributed by atoms with E-state index in [9.17, 15) is 10.4 Å². The zero-order valence-electron chi connectivity index (χ0n) is 15.0. The summed E-state index contributed by atoms with van der Waals surface area (Å²) >= 11 is 0. The number of fused-ring (bicyclic) bond motifs is 1. The van der Waals surface area contributed by atoms with Gasteiger partial charge in [0.15, 0.2) is 23.5 Å². The lowest BCUT2D eigenvalue weighted by Gasteiger charge is -2.24. The Kier molecular flexibility index (Phi) is 4.55. The highest BCUT2D eigenvalue weighted by molar-refractivity contribution is 5.82. The number of aliphatic hydroxyl groups is 1. The van der Waals surface area contributed by atoms with Gasteiger partial charge >= 0.3 is 0 Å². The van der Waals surface area contributed by atoms with Crippen molar-refractivity contribution < 1.29 is 19.3 Å². The number of amidine groups is 1. The van der Waals surface area contributed by atoms with Gasteiger partial charge in [0.25, 0.3) is 0 Å². The number of aliphatic hydroxyl groups excluding tert-OH is 1. The van der Waals surface area contributed by atoms with Crippen molar-refractivity contribution in [1.29, 1.82) is 5.26 Å². The lowest BCUT2D eigenvalue weighted by molar-refractivity contribution is -0.199. The summed E-state index contributed by atoms with van der Waals surface area (Å²) in [6.45, 7) is 5.29. The van der Waals surface area contributed by atoms with Gasteiger partial charge in [0, 0.05) is 14.1 Å². The van der Waals surface area contributed by atoms with Crippen LogP contribution in [-0.4, -0.2) is 70.2 Å². The standard InChI is InChI=1S/C16H23N5O4/c1-9(20(4)5)19-14-10(6-17)18-8-21(14)15-13-12(11(7-22)23-15)24-16(2,3)25-13/h8,11-13,15,22H,7H2,1-5H3/t11-,12-,13-,15-/m1/s1. The molecule has 0 aromatic carbocycles. The molecule has 0 unspecified atom stereocenters. The molecule has 136 valence electrons. The van der Waals surface area contributed by atoms with E-state index in [0.717, 1.165) is 5.84 Å². The molecule has 2 saturated heterocycles. The minimum Gasteiger partial charge on any atom is -0.394 e. The van der Waals surface area contributed by atoms with E-state index < -0.39 is 30.3 Å². The van der Waals surface area contributed by atoms with Gasteiger partial charge in [0.05, 0.1) is 6.61 Å². The van der Waals surface area contributed by atoms with E-state index in [2.05, 4.69) is 16.0 Å². The summed E-state index contributed by atoms with van der Waals surface area (Å²) in [5.74, 6) is 0.339. The van der Waals surface area contributed by atoms with Crippen LogP contribution in [0.4, 0.5) is 5.82 Å². The molecule has 3 rings (SSSR count). The van der Waals surface area contributed by atoms with Crippen molar-refractivity contribution in [3.8, 4) is 6.07 Å². The first-order chi connectivity index (χ1) is 11.8. The van der Waals surface area contributed by atoms with E-state index in [0.29, 0.717) is 5.82 Å². The van der Waals surface area contributed by atoms with Crippen LogP contribution < -0.4 is 0 Å². The maximum atomic E-state index is 9.61. The fourth-order valence-electron chi connectivity index (χ4n) is 3.01. The van der Waals surface area contributed by atoms with Gasteiger partial charge in [-0.2, -0.15) is 5.26 Å². The number of hydrogen-bond donors (Lipinski definition) is 1. The third-order valence-electron chi connectivity index (χ3n) is 4.37. The number of nitriles is 1. The van der Waals surface area contributed by atoms with Crippen molar-refractivity contribution >= 4 is 11.7 Å². The topological polar surface area (TPSA) is 105 Å². The van der Waals surface area contributed by atoms with E-state index in [1.165, 1.54) is 6.33 Å². The second kappa shape index (κ2) is 6.38. The molecular weight excluding hydrogens is 326 g/mol. The van der Waals surface area contributed by atoms with Gasteiger partial charge in [-0.05, 0) is 20.8 Å². The van der Waals surface area contributed by atoms with Crippen LogP contribution in [0.3, 0.4) is 0 Å². The predicted molar refractivity (Wildman–Crippen MR) is 88.2 cm³/mol. The van der Waals surface area contributed by atoms with Crippen LogP contribution in [0.15, 0.2) is 11.3 Å². The number of hydrogen-bond acceptors (Lipinski definition) is 7. The molecule has 0 spiro atoms. The van der Waals surface area contributed by atoms with Crippen molar-refractivity contribution in [3.63, 3.8) is 0 Å². The molecule has 25 heavy (non-hydrogen) atoms. The third-order valence-corrected chi connectivity index (χ3v) is 4.37. The van der Waals surface area contributed by atoms with Crippen LogP contribution in [0.25, 0.3) is 0 Å². The molecule has 2 aliphatic heterocycles. The Labute approximate surface area is 146 Å². The highest BCUT2D eigenvalue weighted by Crippen LogP contribution is 2.44. The summed E-state index contributed by atoms with van der Waals surface area (Å²) < 4.78 is 19.4. The van der Waals surface area contributed by atoms with Crippen LogP contribution in [0.5, 0.6) is 0 Å².